The maximum atomic E-state index is 11.5. The van der Waals surface area contributed by atoms with Crippen LogP contribution in [-0.4, -0.2) is 17.3 Å². The van der Waals surface area contributed by atoms with Crippen LogP contribution in [0.25, 0.3) is 11.0 Å². The number of fused-ring (bicyclic) bond motifs is 1. The van der Waals surface area contributed by atoms with Crippen LogP contribution < -0.4 is 9.99 Å². The number of carbonyl (C=O) groups excluding carboxylic acids is 1. The van der Waals surface area contributed by atoms with Crippen LogP contribution >= 0.6 is 0 Å². The molecule has 20 heavy (non-hydrogen) atoms. The lowest BCUT2D eigenvalue weighted by Crippen LogP contribution is -2.26. The number of hydrogen-bond donors (Lipinski definition) is 1. The van der Waals surface area contributed by atoms with Gasteiger partial charge in [0.15, 0.2) is 16.6 Å². The van der Waals surface area contributed by atoms with Gasteiger partial charge in [-0.15, -0.1) is 4.68 Å². The minimum Gasteiger partial charge on any atom is -0.462 e. The Morgan fingerprint density at radius 3 is 3.00 bits per heavy atom. The van der Waals surface area contributed by atoms with E-state index >= 15 is 0 Å². The minimum atomic E-state index is -0.636. The van der Waals surface area contributed by atoms with E-state index in [1.807, 2.05) is 48.3 Å². The van der Waals surface area contributed by atoms with Crippen LogP contribution in [0, 0.1) is 11.3 Å². The Hall–Kier alpha value is -2.81. The van der Waals surface area contributed by atoms with Gasteiger partial charge in [0, 0.05) is 0 Å². The summed E-state index contributed by atoms with van der Waals surface area (Å²) in [6.07, 6.45) is 3.16. The van der Waals surface area contributed by atoms with Crippen LogP contribution in [0.4, 0.5) is 0 Å². The van der Waals surface area contributed by atoms with Gasteiger partial charge in [0.1, 0.15) is 6.07 Å². The Bertz CT molecular complexity index is 710. The van der Waals surface area contributed by atoms with E-state index in [0.29, 0.717) is 0 Å². The molecule has 2 aromatic rings. The lowest BCUT2D eigenvalue weighted by Gasteiger charge is -2.00. The fourth-order valence-corrected chi connectivity index (χ4v) is 1.85. The first-order valence-electron chi connectivity index (χ1n) is 6.17. The summed E-state index contributed by atoms with van der Waals surface area (Å²) in [6.45, 7) is 1.93. The van der Waals surface area contributed by atoms with Crippen LogP contribution in [0.1, 0.15) is 6.92 Å². The number of nitrogens with zero attached hydrogens (tertiary/aromatic N) is 3. The number of hydrogen-bond acceptors (Lipinski definition) is 4. The predicted molar refractivity (Wildman–Crippen MR) is 72.8 cm³/mol. The van der Waals surface area contributed by atoms with Crippen molar-refractivity contribution in [1.82, 2.24) is 4.68 Å². The summed E-state index contributed by atoms with van der Waals surface area (Å²) in [5, 5.41) is 8.95. The Morgan fingerprint density at radius 2 is 2.30 bits per heavy atom. The Labute approximate surface area is 116 Å². The molecule has 1 heterocycles. The first kappa shape index (κ1) is 13.6. The molecule has 1 aromatic heterocycles. The summed E-state index contributed by atoms with van der Waals surface area (Å²) in [5.74, 6) is -0.636. The molecule has 6 heteroatoms. The Morgan fingerprint density at radius 1 is 1.55 bits per heavy atom. The van der Waals surface area contributed by atoms with Crippen molar-refractivity contribution < 1.29 is 14.1 Å². The Kier molecular flexibility index (Phi) is 4.01. The number of aromatic nitrogens is 2. The van der Waals surface area contributed by atoms with Gasteiger partial charge in [-0.2, -0.15) is 5.26 Å². The molecule has 0 atom stereocenters. The van der Waals surface area contributed by atoms with Gasteiger partial charge in [0.25, 0.3) is 6.33 Å². The average Bonchev–Trinajstić information content (AvgIpc) is 2.77. The lowest BCUT2D eigenvalue weighted by atomic mass is 10.3. The molecule has 0 bridgehead atoms. The molecule has 0 aliphatic carbocycles. The molecule has 2 rings (SSSR count). The van der Waals surface area contributed by atoms with Crippen molar-refractivity contribution in [3.8, 4) is 6.07 Å². The van der Waals surface area contributed by atoms with Gasteiger partial charge >= 0.3 is 5.97 Å². The zero-order valence-electron chi connectivity index (χ0n) is 11.3. The number of ether oxygens (including phenoxy) is 1. The van der Waals surface area contributed by atoms with Gasteiger partial charge in [0.05, 0.1) is 19.9 Å². The first-order valence-corrected chi connectivity index (χ1v) is 6.17. The third-order valence-corrected chi connectivity index (χ3v) is 2.77. The molecule has 0 unspecified atom stereocenters. The highest BCUT2D eigenvalue weighted by Crippen LogP contribution is 2.08. The molecule has 6 nitrogen and oxygen atoms in total. The van der Waals surface area contributed by atoms with Gasteiger partial charge in [-0.3, -0.25) is 0 Å². The van der Waals surface area contributed by atoms with Crippen molar-refractivity contribution in [2.45, 2.75) is 6.92 Å². The van der Waals surface area contributed by atoms with Crippen molar-refractivity contribution in [2.24, 2.45) is 7.05 Å². The average molecular weight is 271 g/mol. The van der Waals surface area contributed by atoms with Crippen molar-refractivity contribution in [1.29, 1.82) is 5.26 Å². The number of benzene rings is 1. The molecule has 102 valence electrons. The highest BCUT2D eigenvalue weighted by Gasteiger charge is 2.13. The molecule has 0 fully saturated rings. The van der Waals surface area contributed by atoms with Crippen LogP contribution in [0.15, 0.2) is 42.4 Å². The minimum absolute atomic E-state index is 0.0766. The summed E-state index contributed by atoms with van der Waals surface area (Å²) in [4.78, 5) is 11.5. The second-order valence-corrected chi connectivity index (χ2v) is 4.10. The van der Waals surface area contributed by atoms with E-state index in [4.69, 9.17) is 10.00 Å². The molecule has 0 aliphatic rings. The van der Waals surface area contributed by atoms with E-state index < -0.39 is 5.97 Å². The van der Waals surface area contributed by atoms with E-state index in [1.54, 1.807) is 11.6 Å². The number of para-hydroxylation sites is 2. The maximum Gasteiger partial charge on any atom is 0.350 e. The summed E-state index contributed by atoms with van der Waals surface area (Å²) < 4.78 is 8.46. The van der Waals surface area contributed by atoms with Crippen LogP contribution in [-0.2, 0) is 16.6 Å². The highest BCUT2D eigenvalue weighted by atomic mass is 16.5. The molecule has 0 aliphatic heterocycles. The van der Waals surface area contributed by atoms with E-state index in [2.05, 4.69) is 5.43 Å². The zero-order valence-corrected chi connectivity index (χ0v) is 11.3. The predicted octanol–water partition coefficient (Wildman–Crippen LogP) is 0.980. The quantitative estimate of drug-likeness (QED) is 0.389. The van der Waals surface area contributed by atoms with Gasteiger partial charge in [-0.1, -0.05) is 12.1 Å². The monoisotopic (exact) mass is 271 g/mol. The van der Waals surface area contributed by atoms with E-state index in [0.717, 1.165) is 11.0 Å². The summed E-state index contributed by atoms with van der Waals surface area (Å²) in [6, 6.07) is 9.60. The van der Waals surface area contributed by atoms with E-state index in [1.165, 1.54) is 6.20 Å². The molecule has 0 radical (unpaired) electrons. The summed E-state index contributed by atoms with van der Waals surface area (Å²) >= 11 is 0. The van der Waals surface area contributed by atoms with Crippen molar-refractivity contribution in [2.75, 3.05) is 12.0 Å². The zero-order chi connectivity index (χ0) is 14.5. The van der Waals surface area contributed by atoms with Crippen molar-refractivity contribution in [3.63, 3.8) is 0 Å². The van der Waals surface area contributed by atoms with Gasteiger partial charge < -0.3 is 4.74 Å². The molecule has 1 aromatic carbocycles. The number of aryl methyl sites for hydroxylation is 1. The van der Waals surface area contributed by atoms with Gasteiger partial charge in [0.2, 0.25) is 0 Å². The number of imidazole rings is 1. The van der Waals surface area contributed by atoms with Gasteiger partial charge in [-0.05, 0) is 19.1 Å². The SMILES string of the molecule is CCOC(=O)C(C#N)=CNn1c[n+](C)c2ccccc21. The maximum absolute atomic E-state index is 11.5. The molecular weight excluding hydrogens is 256 g/mol. The fraction of sp³-hybridized carbons (Fsp3) is 0.214. The summed E-state index contributed by atoms with van der Waals surface area (Å²) in [7, 11) is 1.92. The van der Waals surface area contributed by atoms with Crippen LogP contribution in [0.5, 0.6) is 0 Å². The smallest absolute Gasteiger partial charge is 0.350 e. The normalized spacial score (nSPS) is 11.2. The fourth-order valence-electron chi connectivity index (χ4n) is 1.85. The van der Waals surface area contributed by atoms with E-state index in [-0.39, 0.29) is 12.2 Å². The van der Waals surface area contributed by atoms with Crippen LogP contribution in [0.2, 0.25) is 0 Å². The molecule has 0 saturated heterocycles. The third-order valence-electron chi connectivity index (χ3n) is 2.77. The van der Waals surface area contributed by atoms with Crippen molar-refractivity contribution >= 4 is 17.0 Å². The lowest BCUT2D eigenvalue weighted by molar-refractivity contribution is -0.645. The second kappa shape index (κ2) is 5.89. The topological polar surface area (TPSA) is 70.9 Å². The molecule has 0 saturated carbocycles. The molecular formula is C14H15N4O2+. The van der Waals surface area contributed by atoms with E-state index in [9.17, 15) is 4.79 Å². The number of esters is 1. The number of nitrogens with one attached hydrogen (secondary N) is 1. The van der Waals surface area contributed by atoms with Crippen molar-refractivity contribution in [3.05, 3.63) is 42.4 Å². The molecule has 0 spiro atoms. The highest BCUT2D eigenvalue weighted by molar-refractivity contribution is 5.92. The standard InChI is InChI=1S/C14H14N4O2/c1-3-20-14(19)11(8-15)9-16-18-10-17(2)12-6-4-5-7-13(12)18/h4-7,9-10H,3H2,1-2H3/p+1. The third kappa shape index (κ3) is 2.62. The second-order valence-electron chi connectivity index (χ2n) is 4.10. The number of rotatable bonds is 4. The number of nitriles is 1. The molecule has 0 amide bonds. The summed E-state index contributed by atoms with van der Waals surface area (Å²) in [5.41, 5.74) is 4.80. The molecule has 1 N–H and O–H groups in total. The first-order chi connectivity index (χ1) is 9.67. The Balaban J connectivity index is 2.29. The number of carbonyl (C=O) groups is 1. The largest absolute Gasteiger partial charge is 0.462 e. The van der Waals surface area contributed by atoms with Gasteiger partial charge in [-0.25, -0.2) is 14.8 Å². The van der Waals surface area contributed by atoms with Crippen LogP contribution in [0.3, 0.4) is 0 Å².